The fourth-order valence-corrected chi connectivity index (χ4v) is 3.55. The first-order valence-corrected chi connectivity index (χ1v) is 7.35. The largest absolute Gasteiger partial charge is 0.372 e. The van der Waals surface area contributed by atoms with Crippen LogP contribution in [0.4, 0.5) is 0 Å². The zero-order valence-electron chi connectivity index (χ0n) is 11.6. The van der Waals surface area contributed by atoms with Crippen LogP contribution in [-0.4, -0.2) is 49.3 Å². The fraction of sp³-hybridized carbons (Fsp3) is 1.00. The van der Waals surface area contributed by atoms with Gasteiger partial charge in [-0.3, -0.25) is 4.90 Å². The molecule has 3 heteroatoms. The number of morpholine rings is 1. The summed E-state index contributed by atoms with van der Waals surface area (Å²) in [4.78, 5) is 2.68. The molecule has 0 radical (unpaired) electrons. The number of ether oxygens (including phenoxy) is 1. The van der Waals surface area contributed by atoms with E-state index in [0.29, 0.717) is 24.3 Å². The van der Waals surface area contributed by atoms with E-state index in [2.05, 4.69) is 31.1 Å². The quantitative estimate of drug-likeness (QED) is 0.769. The maximum atomic E-state index is 5.93. The van der Waals surface area contributed by atoms with E-state index in [1.165, 1.54) is 32.1 Å². The van der Waals surface area contributed by atoms with Crippen molar-refractivity contribution in [2.45, 2.75) is 70.2 Å². The zero-order chi connectivity index (χ0) is 12.3. The van der Waals surface area contributed by atoms with Crippen LogP contribution >= 0.6 is 0 Å². The molecule has 0 spiro atoms. The van der Waals surface area contributed by atoms with Crippen molar-refractivity contribution in [3.8, 4) is 0 Å². The van der Waals surface area contributed by atoms with E-state index in [0.717, 1.165) is 13.1 Å². The van der Waals surface area contributed by atoms with Crippen LogP contribution in [0.3, 0.4) is 0 Å². The van der Waals surface area contributed by atoms with Crippen LogP contribution in [0.2, 0.25) is 0 Å². The molecule has 0 aromatic heterocycles. The highest BCUT2D eigenvalue weighted by Gasteiger charge is 2.37. The Kier molecular flexibility index (Phi) is 4.83. The summed E-state index contributed by atoms with van der Waals surface area (Å²) in [6.45, 7) is 6.90. The van der Waals surface area contributed by atoms with E-state index in [9.17, 15) is 0 Å². The first kappa shape index (κ1) is 13.3. The molecule has 17 heavy (non-hydrogen) atoms. The average molecular weight is 240 g/mol. The minimum Gasteiger partial charge on any atom is -0.372 e. The second-order valence-electron chi connectivity index (χ2n) is 5.57. The number of fused-ring (bicyclic) bond motifs is 2. The maximum Gasteiger partial charge on any atom is 0.0707 e. The lowest BCUT2D eigenvalue weighted by Gasteiger charge is -2.41. The highest BCUT2D eigenvalue weighted by Crippen LogP contribution is 2.29. The van der Waals surface area contributed by atoms with Crippen LogP contribution in [0.1, 0.15) is 46.0 Å². The van der Waals surface area contributed by atoms with Crippen molar-refractivity contribution in [1.82, 2.24) is 10.2 Å². The number of likely N-dealkylation sites (tertiary alicyclic amines) is 1. The van der Waals surface area contributed by atoms with Gasteiger partial charge in [-0.15, -0.1) is 0 Å². The molecule has 4 atom stereocenters. The topological polar surface area (TPSA) is 24.5 Å². The van der Waals surface area contributed by atoms with Crippen LogP contribution in [0.15, 0.2) is 0 Å². The zero-order valence-corrected chi connectivity index (χ0v) is 11.6. The van der Waals surface area contributed by atoms with Crippen LogP contribution in [-0.2, 0) is 4.74 Å². The monoisotopic (exact) mass is 240 g/mol. The van der Waals surface area contributed by atoms with Crippen LogP contribution in [0.25, 0.3) is 0 Å². The molecule has 2 fully saturated rings. The lowest BCUT2D eigenvalue weighted by molar-refractivity contribution is -0.0582. The predicted molar refractivity (Wildman–Crippen MR) is 71.3 cm³/mol. The van der Waals surface area contributed by atoms with Gasteiger partial charge in [0.1, 0.15) is 0 Å². The van der Waals surface area contributed by atoms with Gasteiger partial charge in [0, 0.05) is 25.2 Å². The number of nitrogens with one attached hydrogen (secondary N) is 1. The summed E-state index contributed by atoms with van der Waals surface area (Å²) < 4.78 is 5.93. The molecule has 0 amide bonds. The van der Waals surface area contributed by atoms with E-state index in [-0.39, 0.29) is 0 Å². The van der Waals surface area contributed by atoms with E-state index in [1.807, 2.05) is 0 Å². The number of nitrogens with zero attached hydrogens (tertiary/aromatic N) is 1. The summed E-state index contributed by atoms with van der Waals surface area (Å²) in [5, 5.41) is 3.52. The predicted octanol–water partition coefficient (Wildman–Crippen LogP) is 2.02. The van der Waals surface area contributed by atoms with Gasteiger partial charge in [0.2, 0.25) is 0 Å². The van der Waals surface area contributed by atoms with Crippen molar-refractivity contribution >= 4 is 0 Å². The molecule has 0 saturated carbocycles. The Hall–Kier alpha value is -0.120. The third-order valence-electron chi connectivity index (χ3n) is 4.39. The molecule has 0 aliphatic carbocycles. The normalized spacial score (nSPS) is 32.6. The second-order valence-corrected chi connectivity index (χ2v) is 5.57. The summed E-state index contributed by atoms with van der Waals surface area (Å²) in [6, 6.07) is 1.33. The van der Waals surface area contributed by atoms with Crippen molar-refractivity contribution in [1.29, 1.82) is 0 Å². The van der Waals surface area contributed by atoms with Crippen molar-refractivity contribution < 1.29 is 4.74 Å². The molecule has 0 aromatic carbocycles. The molecule has 2 aliphatic rings. The molecule has 0 aromatic rings. The van der Waals surface area contributed by atoms with Gasteiger partial charge >= 0.3 is 0 Å². The molecule has 2 heterocycles. The molecular formula is C14H28N2O. The minimum atomic E-state index is 0.516. The van der Waals surface area contributed by atoms with Crippen LogP contribution < -0.4 is 5.32 Å². The van der Waals surface area contributed by atoms with Gasteiger partial charge in [0.15, 0.2) is 0 Å². The number of hydrogen-bond acceptors (Lipinski definition) is 3. The van der Waals surface area contributed by atoms with Gasteiger partial charge in [-0.2, -0.15) is 0 Å². The standard InChI is InChI=1S/C14H28N2O/c1-4-6-13(15-3)14(5-2)16-9-11-7-8-12(10-16)17-11/h11-15H,4-10H2,1-3H3. The fourth-order valence-electron chi connectivity index (χ4n) is 3.55. The molecular weight excluding hydrogens is 212 g/mol. The lowest BCUT2D eigenvalue weighted by atomic mass is 9.98. The third kappa shape index (κ3) is 3.01. The van der Waals surface area contributed by atoms with Gasteiger partial charge in [-0.25, -0.2) is 0 Å². The van der Waals surface area contributed by atoms with Crippen molar-refractivity contribution in [3.63, 3.8) is 0 Å². The lowest BCUT2D eigenvalue weighted by Crippen LogP contribution is -2.54. The van der Waals surface area contributed by atoms with Crippen LogP contribution in [0, 0.1) is 0 Å². The van der Waals surface area contributed by atoms with E-state index < -0.39 is 0 Å². The van der Waals surface area contributed by atoms with Crippen molar-refractivity contribution in [3.05, 3.63) is 0 Å². The maximum absolute atomic E-state index is 5.93. The summed E-state index contributed by atoms with van der Waals surface area (Å²) in [7, 11) is 2.11. The Bertz CT molecular complexity index is 222. The second kappa shape index (κ2) is 6.17. The SMILES string of the molecule is CCCC(NC)C(CC)N1CC2CCC(C1)O2. The number of hydrogen-bond donors (Lipinski definition) is 1. The summed E-state index contributed by atoms with van der Waals surface area (Å²) in [5.41, 5.74) is 0. The first-order valence-electron chi connectivity index (χ1n) is 7.35. The van der Waals surface area contributed by atoms with Gasteiger partial charge in [0.05, 0.1) is 12.2 Å². The van der Waals surface area contributed by atoms with Gasteiger partial charge in [-0.05, 0) is 32.7 Å². The molecule has 2 rings (SSSR count). The summed E-state index contributed by atoms with van der Waals surface area (Å²) in [5.74, 6) is 0. The number of rotatable bonds is 6. The Labute approximate surface area is 106 Å². The van der Waals surface area contributed by atoms with Crippen molar-refractivity contribution in [2.24, 2.45) is 0 Å². The first-order chi connectivity index (χ1) is 8.28. The Balaban J connectivity index is 1.97. The van der Waals surface area contributed by atoms with E-state index in [4.69, 9.17) is 4.74 Å². The Morgan fingerprint density at radius 1 is 1.24 bits per heavy atom. The average Bonchev–Trinajstić information content (AvgIpc) is 2.68. The Morgan fingerprint density at radius 3 is 2.35 bits per heavy atom. The number of likely N-dealkylation sites (N-methyl/N-ethyl adjacent to an activating group) is 1. The molecule has 4 unspecified atom stereocenters. The Morgan fingerprint density at radius 2 is 1.88 bits per heavy atom. The molecule has 2 aliphatic heterocycles. The smallest absolute Gasteiger partial charge is 0.0707 e. The van der Waals surface area contributed by atoms with Gasteiger partial charge in [0.25, 0.3) is 0 Å². The summed E-state index contributed by atoms with van der Waals surface area (Å²) >= 11 is 0. The molecule has 1 N–H and O–H groups in total. The van der Waals surface area contributed by atoms with Crippen LogP contribution in [0.5, 0.6) is 0 Å². The third-order valence-corrected chi connectivity index (χ3v) is 4.39. The van der Waals surface area contributed by atoms with Gasteiger partial charge in [-0.1, -0.05) is 20.3 Å². The highest BCUT2D eigenvalue weighted by atomic mass is 16.5. The molecule has 2 bridgehead atoms. The minimum absolute atomic E-state index is 0.516. The molecule has 3 nitrogen and oxygen atoms in total. The highest BCUT2D eigenvalue weighted by molar-refractivity contribution is 4.91. The molecule has 100 valence electrons. The van der Waals surface area contributed by atoms with Gasteiger partial charge < -0.3 is 10.1 Å². The van der Waals surface area contributed by atoms with Crippen molar-refractivity contribution in [2.75, 3.05) is 20.1 Å². The van der Waals surface area contributed by atoms with E-state index >= 15 is 0 Å². The molecule has 2 saturated heterocycles. The summed E-state index contributed by atoms with van der Waals surface area (Å²) in [6.07, 6.45) is 7.36. The van der Waals surface area contributed by atoms with E-state index in [1.54, 1.807) is 0 Å².